The number of methoxy groups -OCH3 is 1. The number of carbonyl (C=O) groups is 2. The van der Waals surface area contributed by atoms with Crippen molar-refractivity contribution in [3.8, 4) is 0 Å². The fourth-order valence-electron chi connectivity index (χ4n) is 2.31. The molecular weight excluding hydrogens is 306 g/mol. The van der Waals surface area contributed by atoms with Gasteiger partial charge in [0.05, 0.1) is 13.7 Å². The summed E-state index contributed by atoms with van der Waals surface area (Å²) in [5.74, 6) is 0.418. The number of furan rings is 1. The van der Waals surface area contributed by atoms with Crippen LogP contribution >= 0.6 is 0 Å². The molecule has 0 saturated carbocycles. The van der Waals surface area contributed by atoms with Gasteiger partial charge in [-0.1, -0.05) is 29.8 Å². The molecule has 1 amide bonds. The van der Waals surface area contributed by atoms with Crippen LogP contribution in [0.1, 0.15) is 33.0 Å². The lowest BCUT2D eigenvalue weighted by molar-refractivity contribution is -0.125. The van der Waals surface area contributed by atoms with Crippen molar-refractivity contribution in [3.05, 3.63) is 64.6 Å². The first-order valence-corrected chi connectivity index (χ1v) is 7.58. The summed E-state index contributed by atoms with van der Waals surface area (Å²) in [6, 6.07) is 9.50. The number of likely N-dealkylation sites (N-methyl/N-ethyl adjacent to an activating group) is 1. The van der Waals surface area contributed by atoms with E-state index in [-0.39, 0.29) is 12.5 Å². The van der Waals surface area contributed by atoms with E-state index in [9.17, 15) is 9.59 Å². The third kappa shape index (κ3) is 4.35. The molecular formula is C19H21NO4. The lowest BCUT2D eigenvalue weighted by Crippen LogP contribution is -2.23. The van der Waals surface area contributed by atoms with Gasteiger partial charge >= 0.3 is 5.97 Å². The van der Waals surface area contributed by atoms with E-state index >= 15 is 0 Å². The van der Waals surface area contributed by atoms with Gasteiger partial charge in [0, 0.05) is 13.1 Å². The van der Waals surface area contributed by atoms with Gasteiger partial charge in [0.2, 0.25) is 5.91 Å². The molecule has 1 aromatic heterocycles. The van der Waals surface area contributed by atoms with E-state index in [0.717, 1.165) is 11.1 Å². The van der Waals surface area contributed by atoms with Gasteiger partial charge in [0.15, 0.2) is 0 Å². The largest absolute Gasteiger partial charge is 0.465 e. The van der Waals surface area contributed by atoms with Crippen molar-refractivity contribution in [3.63, 3.8) is 0 Å². The Hall–Kier alpha value is -2.82. The number of rotatable bonds is 5. The highest BCUT2D eigenvalue weighted by Gasteiger charge is 2.17. The predicted molar refractivity (Wildman–Crippen MR) is 91.5 cm³/mol. The highest BCUT2D eigenvalue weighted by molar-refractivity contribution is 5.92. The highest BCUT2D eigenvalue weighted by Crippen LogP contribution is 2.17. The van der Waals surface area contributed by atoms with Gasteiger partial charge in [-0.3, -0.25) is 4.79 Å². The zero-order valence-electron chi connectivity index (χ0n) is 14.3. The molecule has 24 heavy (non-hydrogen) atoms. The van der Waals surface area contributed by atoms with E-state index in [1.54, 1.807) is 26.1 Å². The molecule has 1 aromatic carbocycles. The van der Waals surface area contributed by atoms with Crippen molar-refractivity contribution in [2.75, 3.05) is 14.2 Å². The standard InChI is InChI=1S/C19H21NO4/c1-13-6-5-7-15(10-13)8-9-18(21)20(3)12-16-11-17(14(2)24-16)19(22)23-4/h5-11H,12H2,1-4H3/b9-8+. The van der Waals surface area contributed by atoms with Crippen LogP contribution in [0.5, 0.6) is 0 Å². The Morgan fingerprint density at radius 1 is 1.25 bits per heavy atom. The van der Waals surface area contributed by atoms with Crippen LogP contribution < -0.4 is 0 Å². The number of aryl methyl sites for hydroxylation is 2. The van der Waals surface area contributed by atoms with Crippen LogP contribution in [0.4, 0.5) is 0 Å². The summed E-state index contributed by atoms with van der Waals surface area (Å²) in [4.78, 5) is 25.3. The van der Waals surface area contributed by atoms with Gasteiger partial charge in [-0.05, 0) is 31.6 Å². The number of nitrogens with zero attached hydrogens (tertiary/aromatic N) is 1. The lowest BCUT2D eigenvalue weighted by atomic mass is 10.1. The fourth-order valence-corrected chi connectivity index (χ4v) is 2.31. The third-order valence-corrected chi connectivity index (χ3v) is 3.60. The van der Waals surface area contributed by atoms with Gasteiger partial charge in [-0.15, -0.1) is 0 Å². The van der Waals surface area contributed by atoms with Crippen LogP contribution in [0.3, 0.4) is 0 Å². The quantitative estimate of drug-likeness (QED) is 0.624. The molecule has 0 unspecified atom stereocenters. The molecule has 0 bridgehead atoms. The summed E-state index contributed by atoms with van der Waals surface area (Å²) >= 11 is 0. The smallest absolute Gasteiger partial charge is 0.341 e. The van der Waals surface area contributed by atoms with Crippen molar-refractivity contribution in [1.82, 2.24) is 4.90 Å². The Morgan fingerprint density at radius 3 is 2.67 bits per heavy atom. The molecule has 0 aliphatic heterocycles. The first-order chi connectivity index (χ1) is 11.4. The zero-order valence-corrected chi connectivity index (χ0v) is 14.3. The Morgan fingerprint density at radius 2 is 2.00 bits per heavy atom. The molecule has 1 heterocycles. The number of amides is 1. The molecule has 0 atom stereocenters. The van der Waals surface area contributed by atoms with Crippen LogP contribution in [0, 0.1) is 13.8 Å². The average molecular weight is 327 g/mol. The van der Waals surface area contributed by atoms with E-state index in [1.807, 2.05) is 31.2 Å². The van der Waals surface area contributed by atoms with Gasteiger partial charge in [-0.25, -0.2) is 4.79 Å². The Labute approximate surface area is 141 Å². The molecule has 5 nitrogen and oxygen atoms in total. The van der Waals surface area contributed by atoms with Crippen LogP contribution in [-0.2, 0) is 16.1 Å². The summed E-state index contributed by atoms with van der Waals surface area (Å²) in [5, 5.41) is 0. The first kappa shape index (κ1) is 17.5. The predicted octanol–water partition coefficient (Wildman–Crippen LogP) is 3.35. The van der Waals surface area contributed by atoms with Crippen molar-refractivity contribution in [1.29, 1.82) is 0 Å². The minimum Gasteiger partial charge on any atom is -0.465 e. The minimum atomic E-state index is -0.448. The monoisotopic (exact) mass is 327 g/mol. The number of ether oxygens (including phenoxy) is 1. The van der Waals surface area contributed by atoms with Crippen molar-refractivity contribution in [2.45, 2.75) is 20.4 Å². The second kappa shape index (κ2) is 7.64. The highest BCUT2D eigenvalue weighted by atomic mass is 16.5. The maximum atomic E-state index is 12.2. The number of esters is 1. The summed E-state index contributed by atoms with van der Waals surface area (Å²) < 4.78 is 10.2. The van der Waals surface area contributed by atoms with E-state index in [4.69, 9.17) is 4.42 Å². The van der Waals surface area contributed by atoms with Gasteiger partial charge in [0.25, 0.3) is 0 Å². The summed E-state index contributed by atoms with van der Waals surface area (Å²) in [6.07, 6.45) is 3.30. The molecule has 2 rings (SSSR count). The molecule has 126 valence electrons. The molecule has 0 aliphatic carbocycles. The van der Waals surface area contributed by atoms with Gasteiger partial charge in [0.1, 0.15) is 17.1 Å². The molecule has 2 aromatic rings. The number of benzene rings is 1. The molecule has 0 spiro atoms. The van der Waals surface area contributed by atoms with Crippen LogP contribution in [-0.4, -0.2) is 30.9 Å². The zero-order chi connectivity index (χ0) is 17.7. The van der Waals surface area contributed by atoms with Crippen molar-refractivity contribution < 1.29 is 18.7 Å². The maximum Gasteiger partial charge on any atom is 0.341 e. The molecule has 0 fully saturated rings. The van der Waals surface area contributed by atoms with E-state index in [1.165, 1.54) is 18.1 Å². The van der Waals surface area contributed by atoms with Crippen molar-refractivity contribution in [2.24, 2.45) is 0 Å². The van der Waals surface area contributed by atoms with E-state index < -0.39 is 5.97 Å². The van der Waals surface area contributed by atoms with Crippen LogP contribution in [0.15, 0.2) is 40.8 Å². The topological polar surface area (TPSA) is 59.8 Å². The number of carbonyl (C=O) groups excluding carboxylic acids is 2. The maximum absolute atomic E-state index is 12.2. The Kier molecular flexibility index (Phi) is 5.58. The van der Waals surface area contributed by atoms with Gasteiger partial charge < -0.3 is 14.1 Å². The SMILES string of the molecule is COC(=O)c1cc(CN(C)C(=O)/C=C/c2cccc(C)c2)oc1C. The molecule has 0 aliphatic rings. The lowest BCUT2D eigenvalue weighted by Gasteiger charge is -2.13. The number of hydrogen-bond acceptors (Lipinski definition) is 4. The Balaban J connectivity index is 2.02. The summed E-state index contributed by atoms with van der Waals surface area (Å²) in [6.45, 7) is 3.97. The molecule has 0 saturated heterocycles. The molecule has 0 N–H and O–H groups in total. The van der Waals surface area contributed by atoms with Crippen LogP contribution in [0.2, 0.25) is 0 Å². The average Bonchev–Trinajstić information content (AvgIpc) is 2.92. The van der Waals surface area contributed by atoms with Gasteiger partial charge in [-0.2, -0.15) is 0 Å². The second-order valence-corrected chi connectivity index (χ2v) is 5.62. The molecule has 0 radical (unpaired) electrons. The Bertz CT molecular complexity index is 773. The molecule has 5 heteroatoms. The van der Waals surface area contributed by atoms with Crippen molar-refractivity contribution >= 4 is 18.0 Å². The third-order valence-electron chi connectivity index (χ3n) is 3.60. The van der Waals surface area contributed by atoms with Crippen LogP contribution in [0.25, 0.3) is 6.08 Å². The number of hydrogen-bond donors (Lipinski definition) is 0. The second-order valence-electron chi connectivity index (χ2n) is 5.62. The fraction of sp³-hybridized carbons (Fsp3) is 0.263. The van der Waals surface area contributed by atoms with E-state index in [2.05, 4.69) is 4.74 Å². The summed E-state index contributed by atoms with van der Waals surface area (Å²) in [7, 11) is 3.00. The van der Waals surface area contributed by atoms with E-state index in [0.29, 0.717) is 17.1 Å². The minimum absolute atomic E-state index is 0.148. The summed E-state index contributed by atoms with van der Waals surface area (Å²) in [5.41, 5.74) is 2.49. The normalized spacial score (nSPS) is 10.8. The first-order valence-electron chi connectivity index (χ1n) is 7.58.